The smallest absolute Gasteiger partial charge is 0.262 e. The monoisotopic (exact) mass is 427 g/mol. The number of nitrogens with one attached hydrogen (secondary N) is 2. The van der Waals surface area contributed by atoms with E-state index in [0.29, 0.717) is 29.7 Å². The van der Waals surface area contributed by atoms with Gasteiger partial charge in [0, 0.05) is 31.7 Å². The first kappa shape index (κ1) is 22.0. The topological polar surface area (TPSA) is 84.7 Å². The Balaban J connectivity index is 1.35. The molecule has 0 saturated carbocycles. The van der Waals surface area contributed by atoms with Gasteiger partial charge in [0.2, 0.25) is 5.91 Å². The number of hydrogen-bond donors (Lipinski definition) is 2. The highest BCUT2D eigenvalue weighted by atomic mass is 32.1. The van der Waals surface area contributed by atoms with E-state index in [1.165, 1.54) is 0 Å². The third kappa shape index (κ3) is 5.66. The van der Waals surface area contributed by atoms with Gasteiger partial charge in [-0.05, 0) is 63.5 Å². The molecule has 1 amide bonds. The maximum atomic E-state index is 12.6. The molecule has 0 aliphatic heterocycles. The van der Waals surface area contributed by atoms with E-state index in [0.717, 1.165) is 49.1 Å². The molecule has 0 atom stereocenters. The molecule has 1 aromatic carbocycles. The van der Waals surface area contributed by atoms with Crippen molar-refractivity contribution < 1.29 is 4.79 Å². The number of carbonyl (C=O) groups is 1. The van der Waals surface area contributed by atoms with Crippen molar-refractivity contribution in [2.75, 3.05) is 6.54 Å². The molecule has 2 aromatic heterocycles. The summed E-state index contributed by atoms with van der Waals surface area (Å²) < 4.78 is 4.02. The average Bonchev–Trinajstić information content (AvgIpc) is 3.04. The summed E-state index contributed by atoms with van der Waals surface area (Å²) in [5.41, 5.74) is 2.86. The summed E-state index contributed by atoms with van der Waals surface area (Å²) in [5, 5.41) is 8.03. The molecule has 0 aliphatic rings. The van der Waals surface area contributed by atoms with Crippen LogP contribution in [0, 0.1) is 18.6 Å². The minimum Gasteiger partial charge on any atom is -0.356 e. The van der Waals surface area contributed by atoms with Crippen molar-refractivity contribution in [3.8, 4) is 0 Å². The summed E-state index contributed by atoms with van der Waals surface area (Å²) >= 11 is 5.33. The van der Waals surface area contributed by atoms with Crippen LogP contribution in [0.2, 0.25) is 0 Å². The Morgan fingerprint density at radius 1 is 1.13 bits per heavy atom. The van der Waals surface area contributed by atoms with E-state index in [2.05, 4.69) is 21.5 Å². The van der Waals surface area contributed by atoms with E-state index in [1.54, 1.807) is 10.6 Å². The third-order valence-corrected chi connectivity index (χ3v) is 5.47. The average molecular weight is 428 g/mol. The molecule has 3 aromatic rings. The minimum absolute atomic E-state index is 0.0605. The number of carbonyl (C=O) groups excluding carboxylic acids is 1. The van der Waals surface area contributed by atoms with Crippen LogP contribution < -0.4 is 10.9 Å². The Hall–Kier alpha value is -2.74. The van der Waals surface area contributed by atoms with E-state index in [4.69, 9.17) is 12.2 Å². The number of hydrogen-bond acceptors (Lipinski definition) is 4. The molecule has 0 fully saturated rings. The van der Waals surface area contributed by atoms with Gasteiger partial charge in [-0.25, -0.2) is 0 Å². The number of unbranched alkanes of at least 4 members (excludes halogenated alkanes) is 2. The second-order valence-electron chi connectivity index (χ2n) is 7.60. The molecule has 0 unspecified atom stereocenters. The molecule has 2 heterocycles. The summed E-state index contributed by atoms with van der Waals surface area (Å²) in [6.07, 6.45) is 3.83. The molecule has 7 nitrogen and oxygen atoms in total. The maximum Gasteiger partial charge on any atom is 0.262 e. The first-order chi connectivity index (χ1) is 14.5. The van der Waals surface area contributed by atoms with Crippen LogP contribution in [-0.2, 0) is 17.9 Å². The van der Waals surface area contributed by atoms with Gasteiger partial charge in [-0.15, -0.1) is 0 Å². The molecule has 160 valence electrons. The highest BCUT2D eigenvalue weighted by molar-refractivity contribution is 7.71. The molecule has 0 aliphatic carbocycles. The molecule has 8 heteroatoms. The van der Waals surface area contributed by atoms with Crippen molar-refractivity contribution in [3.63, 3.8) is 0 Å². The molecular formula is C22H29N5O2S. The van der Waals surface area contributed by atoms with Crippen molar-refractivity contribution >= 4 is 29.0 Å². The molecule has 3 rings (SSSR count). The highest BCUT2D eigenvalue weighted by Gasteiger charge is 2.06. The number of rotatable bonds is 10. The van der Waals surface area contributed by atoms with Crippen molar-refractivity contribution in [2.24, 2.45) is 0 Å². The number of H-pyrrole nitrogens is 1. The van der Waals surface area contributed by atoms with Crippen LogP contribution in [0.25, 0.3) is 10.9 Å². The van der Waals surface area contributed by atoms with Crippen molar-refractivity contribution in [2.45, 2.75) is 59.0 Å². The van der Waals surface area contributed by atoms with Gasteiger partial charge in [0.05, 0.1) is 16.6 Å². The number of nitrogens with zero attached hydrogens (tertiary/aromatic N) is 3. The number of aromatic nitrogens is 4. The van der Waals surface area contributed by atoms with Gasteiger partial charge in [-0.3, -0.25) is 18.8 Å². The lowest BCUT2D eigenvalue weighted by atomic mass is 10.2. The fourth-order valence-electron chi connectivity index (χ4n) is 3.58. The summed E-state index contributed by atoms with van der Waals surface area (Å²) in [4.78, 5) is 27.7. The number of para-hydroxylation sites is 1. The molecule has 0 bridgehead atoms. The second kappa shape index (κ2) is 10.3. The lowest BCUT2D eigenvalue weighted by molar-refractivity contribution is -0.121. The first-order valence-electron chi connectivity index (χ1n) is 10.5. The molecular weight excluding hydrogens is 398 g/mol. The standard InChI is InChI=1S/C22H29N5O2S/c1-16-15-17(2)27(25-16)14-8-12-23-20(28)11-4-3-7-13-26-21(29)18-9-5-6-10-19(18)24-22(26)30/h5-6,9-10,15H,3-4,7-8,11-14H2,1-2H3,(H,23,28)(H,24,30). The van der Waals surface area contributed by atoms with Crippen LogP contribution in [0.3, 0.4) is 0 Å². The van der Waals surface area contributed by atoms with E-state index in [1.807, 2.05) is 36.7 Å². The fourth-order valence-corrected chi connectivity index (χ4v) is 3.86. The normalized spacial score (nSPS) is 11.1. The number of aryl methyl sites for hydroxylation is 3. The summed E-state index contributed by atoms with van der Waals surface area (Å²) in [6, 6.07) is 9.44. The van der Waals surface area contributed by atoms with Gasteiger partial charge in [0.25, 0.3) is 5.56 Å². The summed E-state index contributed by atoms with van der Waals surface area (Å²) in [7, 11) is 0. The Labute approximate surface area is 181 Å². The summed E-state index contributed by atoms with van der Waals surface area (Å²) in [5.74, 6) is 0.0727. The lowest BCUT2D eigenvalue weighted by Gasteiger charge is -2.08. The van der Waals surface area contributed by atoms with Crippen LogP contribution in [0.5, 0.6) is 0 Å². The van der Waals surface area contributed by atoms with Gasteiger partial charge < -0.3 is 10.3 Å². The van der Waals surface area contributed by atoms with Gasteiger partial charge in [0.15, 0.2) is 4.77 Å². The Morgan fingerprint density at radius 2 is 1.93 bits per heavy atom. The quantitative estimate of drug-likeness (QED) is 0.382. The predicted molar refractivity (Wildman–Crippen MR) is 121 cm³/mol. The molecule has 2 N–H and O–H groups in total. The molecule has 0 radical (unpaired) electrons. The Kier molecular flexibility index (Phi) is 7.57. The zero-order valence-electron chi connectivity index (χ0n) is 17.6. The zero-order valence-corrected chi connectivity index (χ0v) is 18.4. The van der Waals surface area contributed by atoms with E-state index in [-0.39, 0.29) is 11.5 Å². The Bertz CT molecular complexity index is 1130. The minimum atomic E-state index is -0.0605. The largest absolute Gasteiger partial charge is 0.356 e. The Morgan fingerprint density at radius 3 is 2.70 bits per heavy atom. The van der Waals surface area contributed by atoms with Crippen LogP contribution in [-0.4, -0.2) is 31.8 Å². The van der Waals surface area contributed by atoms with Gasteiger partial charge in [-0.1, -0.05) is 18.6 Å². The fraction of sp³-hybridized carbons (Fsp3) is 0.455. The zero-order chi connectivity index (χ0) is 21.5. The van der Waals surface area contributed by atoms with Crippen molar-refractivity contribution in [3.05, 3.63) is 56.8 Å². The third-order valence-electron chi connectivity index (χ3n) is 5.15. The second-order valence-corrected chi connectivity index (χ2v) is 7.98. The number of amides is 1. The SMILES string of the molecule is Cc1cc(C)n(CCCNC(=O)CCCCCn2c(=S)[nH]c3ccccc3c2=O)n1. The van der Waals surface area contributed by atoms with Gasteiger partial charge >= 0.3 is 0 Å². The molecule has 0 saturated heterocycles. The van der Waals surface area contributed by atoms with Crippen LogP contribution in [0.1, 0.15) is 43.5 Å². The van der Waals surface area contributed by atoms with Crippen molar-refractivity contribution in [1.29, 1.82) is 0 Å². The number of aromatic amines is 1. The van der Waals surface area contributed by atoms with Crippen LogP contribution >= 0.6 is 12.2 Å². The first-order valence-corrected chi connectivity index (χ1v) is 10.9. The van der Waals surface area contributed by atoms with Crippen molar-refractivity contribution in [1.82, 2.24) is 24.6 Å². The van der Waals surface area contributed by atoms with E-state index < -0.39 is 0 Å². The van der Waals surface area contributed by atoms with Gasteiger partial charge in [0.1, 0.15) is 0 Å². The molecule has 0 spiro atoms. The van der Waals surface area contributed by atoms with E-state index in [9.17, 15) is 9.59 Å². The number of benzene rings is 1. The molecule has 30 heavy (non-hydrogen) atoms. The van der Waals surface area contributed by atoms with E-state index >= 15 is 0 Å². The van der Waals surface area contributed by atoms with Crippen LogP contribution in [0.15, 0.2) is 35.1 Å². The number of fused-ring (bicyclic) bond motifs is 1. The summed E-state index contributed by atoms with van der Waals surface area (Å²) in [6.45, 7) is 6.04. The van der Waals surface area contributed by atoms with Gasteiger partial charge in [-0.2, -0.15) is 5.10 Å². The highest BCUT2D eigenvalue weighted by Crippen LogP contribution is 2.08. The predicted octanol–water partition coefficient (Wildman–Crippen LogP) is 3.64. The maximum absolute atomic E-state index is 12.6. The van der Waals surface area contributed by atoms with Crippen LogP contribution in [0.4, 0.5) is 0 Å². The lowest BCUT2D eigenvalue weighted by Crippen LogP contribution is -2.25.